The molecule has 0 aliphatic carbocycles. The van der Waals surface area contributed by atoms with Crippen LogP contribution in [0.2, 0.25) is 0 Å². The van der Waals surface area contributed by atoms with Crippen molar-refractivity contribution >= 4 is 43.7 Å². The van der Waals surface area contributed by atoms with Crippen molar-refractivity contribution in [2.75, 3.05) is 23.4 Å². The second-order valence-electron chi connectivity index (χ2n) is 8.39. The number of benzene rings is 2. The van der Waals surface area contributed by atoms with Gasteiger partial charge < -0.3 is 15.4 Å². The molecule has 8 nitrogen and oxygen atoms in total. The van der Waals surface area contributed by atoms with Gasteiger partial charge in [0, 0.05) is 23.0 Å². The van der Waals surface area contributed by atoms with Gasteiger partial charge in [-0.05, 0) is 50.1 Å². The van der Waals surface area contributed by atoms with E-state index >= 15 is 0 Å². The predicted molar refractivity (Wildman–Crippen MR) is 128 cm³/mol. The number of anilines is 2. The Kier molecular flexibility index (Phi) is 7.03. The summed E-state index contributed by atoms with van der Waals surface area (Å²) in [7, 11) is -2.21. The third-order valence-corrected chi connectivity index (χ3v) is 7.94. The highest BCUT2D eigenvalue weighted by atomic mass is 32.2. The number of alkyl halides is 3. The van der Waals surface area contributed by atoms with E-state index in [4.69, 9.17) is 4.74 Å². The van der Waals surface area contributed by atoms with Gasteiger partial charge in [-0.1, -0.05) is 0 Å². The topological polar surface area (TPSA) is 106 Å². The number of carbonyl (C=O) groups excluding carboxylic acids is 1. The summed E-state index contributed by atoms with van der Waals surface area (Å²) in [6.45, 7) is 1.86. The number of nitrogens with zero attached hydrogens (tertiary/aromatic N) is 3. The molecular formula is C23H23F4N5O3S. The molecule has 2 N–H and O–H groups in total. The van der Waals surface area contributed by atoms with Crippen molar-refractivity contribution in [1.82, 2.24) is 15.3 Å². The number of aromatic nitrogens is 2. The Morgan fingerprint density at radius 3 is 2.64 bits per heavy atom. The first-order valence-electron chi connectivity index (χ1n) is 11.0. The Balaban J connectivity index is 1.58. The summed E-state index contributed by atoms with van der Waals surface area (Å²) in [6, 6.07) is 4.93. The number of rotatable bonds is 7. The summed E-state index contributed by atoms with van der Waals surface area (Å²) >= 11 is 0. The van der Waals surface area contributed by atoms with Crippen LogP contribution in [0.5, 0.6) is 5.75 Å². The molecule has 1 aliphatic rings. The van der Waals surface area contributed by atoms with Crippen LogP contribution in [0.15, 0.2) is 41.0 Å². The number of aryl methyl sites for hydroxylation is 1. The molecule has 0 bridgehead atoms. The maximum Gasteiger partial charge on any atom is 0.408 e. The fourth-order valence-corrected chi connectivity index (χ4v) is 5.00. The van der Waals surface area contributed by atoms with Gasteiger partial charge in [0.2, 0.25) is 0 Å². The Morgan fingerprint density at radius 2 is 1.97 bits per heavy atom. The Labute approximate surface area is 204 Å². The molecule has 1 aromatic heterocycles. The summed E-state index contributed by atoms with van der Waals surface area (Å²) in [4.78, 5) is 20.4. The predicted octanol–water partition coefficient (Wildman–Crippen LogP) is 4.77. The first-order chi connectivity index (χ1) is 16.9. The number of hydrogen-bond donors (Lipinski definition) is 2. The minimum Gasteiger partial charge on any atom is -0.481 e. The van der Waals surface area contributed by atoms with E-state index in [-0.39, 0.29) is 11.4 Å². The fraction of sp³-hybridized carbons (Fsp3) is 0.348. The zero-order valence-corrected chi connectivity index (χ0v) is 20.2. The molecule has 3 aromatic rings. The van der Waals surface area contributed by atoms with Crippen LogP contribution in [-0.2, 0) is 14.5 Å². The molecule has 192 valence electrons. The zero-order chi connectivity index (χ0) is 26.1. The maximum absolute atomic E-state index is 13.9. The lowest BCUT2D eigenvalue weighted by atomic mass is 10.1. The molecule has 1 unspecified atom stereocenters. The molecule has 36 heavy (non-hydrogen) atoms. The summed E-state index contributed by atoms with van der Waals surface area (Å²) in [5.41, 5.74) is 2.08. The van der Waals surface area contributed by atoms with Gasteiger partial charge in [0.05, 0.1) is 26.6 Å². The van der Waals surface area contributed by atoms with E-state index in [1.807, 2.05) is 6.92 Å². The van der Waals surface area contributed by atoms with E-state index < -0.39 is 40.3 Å². The first kappa shape index (κ1) is 25.6. The SMILES string of the molecule is Cc1cc(N=S2(=O)CCC2)cc2ncnc(Nc3ccc(F)cc3OCC(=O)NC(C)C(F)(F)F)c12. The van der Waals surface area contributed by atoms with Gasteiger partial charge in [0.25, 0.3) is 5.91 Å². The largest absolute Gasteiger partial charge is 0.481 e. The van der Waals surface area contributed by atoms with Crippen LogP contribution >= 0.6 is 0 Å². The average molecular weight is 526 g/mol. The van der Waals surface area contributed by atoms with Crippen LogP contribution in [0.1, 0.15) is 18.9 Å². The highest BCUT2D eigenvalue weighted by molar-refractivity contribution is 7.95. The molecule has 0 saturated carbocycles. The summed E-state index contributed by atoms with van der Waals surface area (Å²) in [6.07, 6.45) is -2.41. The van der Waals surface area contributed by atoms with Crippen molar-refractivity contribution < 1.29 is 31.3 Å². The second kappa shape index (κ2) is 9.88. The van der Waals surface area contributed by atoms with Crippen LogP contribution in [0, 0.1) is 12.7 Å². The van der Waals surface area contributed by atoms with E-state index in [1.165, 1.54) is 12.4 Å². The maximum atomic E-state index is 13.9. The van der Waals surface area contributed by atoms with Gasteiger partial charge in [-0.2, -0.15) is 17.5 Å². The molecular weight excluding hydrogens is 502 g/mol. The quantitative estimate of drug-likeness (QED) is 0.431. The number of amides is 1. The minimum atomic E-state index is -4.60. The number of nitrogens with one attached hydrogen (secondary N) is 2. The highest BCUT2D eigenvalue weighted by Crippen LogP contribution is 2.34. The van der Waals surface area contributed by atoms with Crippen LogP contribution < -0.4 is 15.4 Å². The van der Waals surface area contributed by atoms with Gasteiger partial charge in [0.1, 0.15) is 29.8 Å². The molecule has 1 fully saturated rings. The number of halogens is 4. The molecule has 2 heterocycles. The third-order valence-electron chi connectivity index (χ3n) is 5.54. The average Bonchev–Trinajstić information content (AvgIpc) is 2.77. The van der Waals surface area contributed by atoms with E-state index in [9.17, 15) is 26.6 Å². The molecule has 0 spiro atoms. The van der Waals surface area contributed by atoms with Crippen molar-refractivity contribution in [1.29, 1.82) is 0 Å². The van der Waals surface area contributed by atoms with Gasteiger partial charge in [-0.3, -0.25) is 4.79 Å². The van der Waals surface area contributed by atoms with Crippen molar-refractivity contribution in [3.8, 4) is 5.75 Å². The van der Waals surface area contributed by atoms with Crippen molar-refractivity contribution in [2.45, 2.75) is 32.5 Å². The number of hydrogen-bond acceptors (Lipinski definition) is 7. The Hall–Kier alpha value is -3.48. The number of carbonyl (C=O) groups is 1. The molecule has 13 heteroatoms. The van der Waals surface area contributed by atoms with Gasteiger partial charge in [-0.25, -0.2) is 18.6 Å². The first-order valence-corrected chi connectivity index (χ1v) is 12.8. The fourth-order valence-electron chi connectivity index (χ4n) is 3.55. The Morgan fingerprint density at radius 1 is 1.22 bits per heavy atom. The van der Waals surface area contributed by atoms with E-state index in [2.05, 4.69) is 19.6 Å². The molecule has 2 aromatic carbocycles. The number of ether oxygens (including phenoxy) is 1. The van der Waals surface area contributed by atoms with Crippen molar-refractivity contribution in [3.63, 3.8) is 0 Å². The molecule has 0 radical (unpaired) electrons. The lowest BCUT2D eigenvalue weighted by Crippen LogP contribution is -2.44. The lowest BCUT2D eigenvalue weighted by molar-refractivity contribution is -0.158. The number of fused-ring (bicyclic) bond motifs is 1. The molecule has 1 atom stereocenters. The second-order valence-corrected chi connectivity index (χ2v) is 10.9. The lowest BCUT2D eigenvalue weighted by Gasteiger charge is -2.19. The summed E-state index contributed by atoms with van der Waals surface area (Å²) in [5, 5.41) is 5.43. The molecule has 1 saturated heterocycles. The van der Waals surface area contributed by atoms with Crippen LogP contribution in [0.3, 0.4) is 0 Å². The standard InChI is InChI=1S/C23H23F4N5O3S/c1-13-8-16(32-36(34)6-3-7-36)10-18-21(13)22(29-12-28-18)31-17-5-4-15(24)9-19(17)35-11-20(33)30-14(2)23(25,26)27/h4-5,8-10,12,14H,3,6-7,11H2,1-2H3,(H,30,33)(H,28,29,31). The van der Waals surface area contributed by atoms with Crippen LogP contribution in [0.4, 0.5) is 34.8 Å². The normalized spacial score (nSPS) is 15.6. The third kappa shape index (κ3) is 5.83. The molecule has 1 aliphatic heterocycles. The zero-order valence-electron chi connectivity index (χ0n) is 19.4. The molecule has 1 amide bonds. The monoisotopic (exact) mass is 525 g/mol. The van der Waals surface area contributed by atoms with Crippen molar-refractivity contribution in [3.05, 3.63) is 48.0 Å². The van der Waals surface area contributed by atoms with Crippen LogP contribution in [0.25, 0.3) is 10.9 Å². The smallest absolute Gasteiger partial charge is 0.408 e. The highest BCUT2D eigenvalue weighted by Gasteiger charge is 2.37. The van der Waals surface area contributed by atoms with Gasteiger partial charge >= 0.3 is 6.18 Å². The van der Waals surface area contributed by atoms with E-state index in [0.717, 1.165) is 31.0 Å². The van der Waals surface area contributed by atoms with E-state index in [1.54, 1.807) is 17.4 Å². The van der Waals surface area contributed by atoms with E-state index in [0.29, 0.717) is 33.9 Å². The van der Waals surface area contributed by atoms with Gasteiger partial charge in [0.15, 0.2) is 6.61 Å². The van der Waals surface area contributed by atoms with Gasteiger partial charge in [-0.15, -0.1) is 0 Å². The Bertz CT molecular complexity index is 1430. The minimum absolute atomic E-state index is 0.0947. The van der Waals surface area contributed by atoms with Crippen LogP contribution in [-0.4, -0.2) is 50.4 Å². The summed E-state index contributed by atoms with van der Waals surface area (Å²) in [5.74, 6) is -0.285. The summed E-state index contributed by atoms with van der Waals surface area (Å²) < 4.78 is 74.1. The van der Waals surface area contributed by atoms with Crippen molar-refractivity contribution in [2.24, 2.45) is 4.36 Å². The molecule has 4 rings (SSSR count).